The smallest absolute Gasteiger partial charge is 0.257 e. The Bertz CT molecular complexity index is 496. The number of carbonyl (C=O) groups is 1. The Kier molecular flexibility index (Phi) is 2.95. The first kappa shape index (κ1) is 11.4. The normalized spacial score (nSPS) is 12.4. The second kappa shape index (κ2) is 4.40. The van der Waals surface area contributed by atoms with Gasteiger partial charge in [-0.25, -0.2) is 0 Å². The number of hydrogen-bond donors (Lipinski definition) is 2. The molecular weight excluding hydrogens is 220 g/mol. The maximum atomic E-state index is 12.0. The second-order valence-corrected chi connectivity index (χ2v) is 3.93. The van der Waals surface area contributed by atoms with Crippen LogP contribution in [0.5, 0.6) is 0 Å². The van der Waals surface area contributed by atoms with Crippen molar-refractivity contribution in [1.82, 2.24) is 20.7 Å². The molecule has 0 saturated heterocycles. The molecule has 90 valence electrons. The predicted octanol–water partition coefficient (Wildman–Crippen LogP) is 1.51. The minimum absolute atomic E-state index is 0.116. The summed E-state index contributed by atoms with van der Waals surface area (Å²) in [6, 6.07) is -0.116. The molecule has 1 unspecified atom stereocenters. The van der Waals surface area contributed by atoms with Crippen molar-refractivity contribution in [2.24, 2.45) is 0 Å². The third kappa shape index (κ3) is 2.20. The fourth-order valence-electron chi connectivity index (χ4n) is 1.66. The van der Waals surface area contributed by atoms with Crippen molar-refractivity contribution in [1.29, 1.82) is 0 Å². The number of nitrogens with one attached hydrogen (secondary N) is 2. The van der Waals surface area contributed by atoms with Crippen molar-refractivity contribution in [3.05, 3.63) is 35.0 Å². The molecule has 0 saturated carbocycles. The number of rotatable bonds is 3. The average Bonchev–Trinajstić information content (AvgIpc) is 2.88. The van der Waals surface area contributed by atoms with Crippen LogP contribution >= 0.6 is 0 Å². The Balaban J connectivity index is 2.12. The van der Waals surface area contributed by atoms with Crippen LogP contribution in [0.15, 0.2) is 16.9 Å². The van der Waals surface area contributed by atoms with Crippen LogP contribution in [0, 0.1) is 13.8 Å². The summed E-state index contributed by atoms with van der Waals surface area (Å²) in [5.41, 5.74) is 2.02. The zero-order valence-electron chi connectivity index (χ0n) is 9.94. The molecule has 1 atom stereocenters. The van der Waals surface area contributed by atoms with Gasteiger partial charge in [-0.15, -0.1) is 0 Å². The van der Waals surface area contributed by atoms with Gasteiger partial charge in [0.25, 0.3) is 5.91 Å². The molecule has 2 heterocycles. The van der Waals surface area contributed by atoms with Crippen LogP contribution in [-0.4, -0.2) is 21.3 Å². The third-order valence-electron chi connectivity index (χ3n) is 2.63. The van der Waals surface area contributed by atoms with Crippen molar-refractivity contribution in [3.8, 4) is 0 Å². The van der Waals surface area contributed by atoms with Gasteiger partial charge in [-0.1, -0.05) is 5.16 Å². The molecule has 0 aromatic carbocycles. The molecule has 0 fully saturated rings. The van der Waals surface area contributed by atoms with E-state index >= 15 is 0 Å². The van der Waals surface area contributed by atoms with E-state index in [9.17, 15) is 4.79 Å². The van der Waals surface area contributed by atoms with E-state index < -0.39 is 0 Å². The van der Waals surface area contributed by atoms with Gasteiger partial charge < -0.3 is 9.84 Å². The number of H-pyrrole nitrogens is 1. The van der Waals surface area contributed by atoms with Crippen LogP contribution in [0.1, 0.15) is 40.3 Å². The molecule has 17 heavy (non-hydrogen) atoms. The van der Waals surface area contributed by atoms with Gasteiger partial charge in [0.2, 0.25) is 0 Å². The van der Waals surface area contributed by atoms with E-state index in [1.165, 1.54) is 0 Å². The Hall–Kier alpha value is -2.11. The summed E-state index contributed by atoms with van der Waals surface area (Å²) in [5, 5.41) is 13.2. The summed E-state index contributed by atoms with van der Waals surface area (Å²) in [4.78, 5) is 12.0. The van der Waals surface area contributed by atoms with Crippen LogP contribution in [0.25, 0.3) is 0 Å². The Morgan fingerprint density at radius 1 is 1.53 bits per heavy atom. The van der Waals surface area contributed by atoms with Gasteiger partial charge in [0, 0.05) is 11.8 Å². The fourth-order valence-corrected chi connectivity index (χ4v) is 1.66. The number of aryl methyl sites for hydroxylation is 2. The highest BCUT2D eigenvalue weighted by Crippen LogP contribution is 2.15. The van der Waals surface area contributed by atoms with E-state index in [0.29, 0.717) is 17.0 Å². The van der Waals surface area contributed by atoms with Crippen LogP contribution in [0.4, 0.5) is 0 Å². The van der Waals surface area contributed by atoms with Crippen molar-refractivity contribution < 1.29 is 9.32 Å². The molecule has 0 aliphatic rings. The zero-order chi connectivity index (χ0) is 12.4. The first-order valence-electron chi connectivity index (χ1n) is 5.32. The molecule has 1 amide bonds. The first-order valence-corrected chi connectivity index (χ1v) is 5.32. The van der Waals surface area contributed by atoms with E-state index in [2.05, 4.69) is 20.7 Å². The summed E-state index contributed by atoms with van der Waals surface area (Å²) in [6.07, 6.45) is 3.43. The van der Waals surface area contributed by atoms with Crippen LogP contribution in [-0.2, 0) is 0 Å². The van der Waals surface area contributed by atoms with E-state index in [4.69, 9.17) is 4.52 Å². The quantitative estimate of drug-likeness (QED) is 0.843. The number of carbonyl (C=O) groups excluding carboxylic acids is 1. The van der Waals surface area contributed by atoms with E-state index in [-0.39, 0.29) is 11.9 Å². The predicted molar refractivity (Wildman–Crippen MR) is 60.4 cm³/mol. The molecule has 2 aromatic rings. The summed E-state index contributed by atoms with van der Waals surface area (Å²) in [6.45, 7) is 5.35. The van der Waals surface area contributed by atoms with Gasteiger partial charge in [-0.3, -0.25) is 9.89 Å². The number of aromatic nitrogens is 3. The lowest BCUT2D eigenvalue weighted by Crippen LogP contribution is -2.27. The van der Waals surface area contributed by atoms with Gasteiger partial charge in [0.15, 0.2) is 0 Å². The molecule has 0 aliphatic carbocycles. The largest absolute Gasteiger partial charge is 0.361 e. The fraction of sp³-hybridized carbons (Fsp3) is 0.364. The maximum Gasteiger partial charge on any atom is 0.257 e. The minimum atomic E-state index is -0.185. The van der Waals surface area contributed by atoms with Crippen molar-refractivity contribution >= 4 is 5.91 Å². The molecule has 2 rings (SSSR count). The average molecular weight is 234 g/mol. The standard InChI is InChI=1S/C11H14N4O2/c1-6(9-4-12-13-5-9)14-11(16)10-7(2)15-17-8(10)3/h4-6H,1-3H3,(H,12,13)(H,14,16). The van der Waals surface area contributed by atoms with E-state index in [0.717, 1.165) is 5.56 Å². The SMILES string of the molecule is Cc1noc(C)c1C(=O)NC(C)c1cn[nH]c1. The van der Waals surface area contributed by atoms with Crippen molar-refractivity contribution in [2.45, 2.75) is 26.8 Å². The molecule has 0 spiro atoms. The lowest BCUT2D eigenvalue weighted by Gasteiger charge is -2.11. The molecule has 2 aromatic heterocycles. The molecule has 2 N–H and O–H groups in total. The number of hydrogen-bond acceptors (Lipinski definition) is 4. The number of aromatic amines is 1. The molecule has 0 aliphatic heterocycles. The Morgan fingerprint density at radius 2 is 2.29 bits per heavy atom. The van der Waals surface area contributed by atoms with Crippen molar-refractivity contribution in [3.63, 3.8) is 0 Å². The van der Waals surface area contributed by atoms with Gasteiger partial charge >= 0.3 is 0 Å². The molecule has 0 bridgehead atoms. The maximum absolute atomic E-state index is 12.0. The number of amides is 1. The summed E-state index contributed by atoms with van der Waals surface area (Å²) < 4.78 is 4.96. The third-order valence-corrected chi connectivity index (χ3v) is 2.63. The number of nitrogens with zero attached hydrogens (tertiary/aromatic N) is 2. The first-order chi connectivity index (χ1) is 8.09. The minimum Gasteiger partial charge on any atom is -0.361 e. The second-order valence-electron chi connectivity index (χ2n) is 3.93. The molecular formula is C11H14N4O2. The van der Waals surface area contributed by atoms with Crippen LogP contribution in [0.3, 0.4) is 0 Å². The Morgan fingerprint density at radius 3 is 2.82 bits per heavy atom. The van der Waals surface area contributed by atoms with Gasteiger partial charge in [0.05, 0.1) is 17.9 Å². The summed E-state index contributed by atoms with van der Waals surface area (Å²) in [7, 11) is 0. The van der Waals surface area contributed by atoms with Gasteiger partial charge in [-0.2, -0.15) is 5.10 Å². The van der Waals surface area contributed by atoms with E-state index in [1.807, 2.05) is 6.92 Å². The zero-order valence-corrected chi connectivity index (χ0v) is 9.94. The van der Waals surface area contributed by atoms with Crippen LogP contribution < -0.4 is 5.32 Å². The van der Waals surface area contributed by atoms with Crippen molar-refractivity contribution in [2.75, 3.05) is 0 Å². The van der Waals surface area contributed by atoms with Gasteiger partial charge in [-0.05, 0) is 20.8 Å². The monoisotopic (exact) mass is 234 g/mol. The lowest BCUT2D eigenvalue weighted by atomic mass is 10.1. The Labute approximate surface area is 98.4 Å². The summed E-state index contributed by atoms with van der Waals surface area (Å²) >= 11 is 0. The molecule has 0 radical (unpaired) electrons. The highest BCUT2D eigenvalue weighted by molar-refractivity contribution is 5.96. The summed E-state index contributed by atoms with van der Waals surface area (Å²) in [5.74, 6) is 0.342. The van der Waals surface area contributed by atoms with Gasteiger partial charge in [0.1, 0.15) is 11.3 Å². The lowest BCUT2D eigenvalue weighted by molar-refractivity contribution is 0.0938. The topological polar surface area (TPSA) is 83.8 Å². The van der Waals surface area contributed by atoms with E-state index in [1.54, 1.807) is 26.2 Å². The van der Waals surface area contributed by atoms with Crippen LogP contribution in [0.2, 0.25) is 0 Å². The molecule has 6 heteroatoms. The highest BCUT2D eigenvalue weighted by atomic mass is 16.5. The molecule has 6 nitrogen and oxygen atoms in total. The highest BCUT2D eigenvalue weighted by Gasteiger charge is 2.19.